The number of halogens is 3. The van der Waals surface area contributed by atoms with Crippen LogP contribution in [0.5, 0.6) is 0 Å². The van der Waals surface area contributed by atoms with Crippen molar-refractivity contribution in [2.24, 2.45) is 0 Å². The van der Waals surface area contributed by atoms with Gasteiger partial charge in [0.1, 0.15) is 7.85 Å². The summed E-state index contributed by atoms with van der Waals surface area (Å²) in [4.78, 5) is 52.3. The summed E-state index contributed by atoms with van der Waals surface area (Å²) < 4.78 is 29.0. The molecule has 1 saturated heterocycles. The maximum atomic E-state index is 14.5. The molecule has 0 saturated carbocycles. The number of carbonyl (C=O) groups excluding carboxylic acids is 4. The van der Waals surface area contributed by atoms with E-state index in [9.17, 15) is 28.0 Å². The van der Waals surface area contributed by atoms with Crippen LogP contribution in [0.2, 0.25) is 5.02 Å². The van der Waals surface area contributed by atoms with E-state index in [1.165, 1.54) is 25.0 Å². The molecule has 2 aromatic carbocycles. The van der Waals surface area contributed by atoms with Crippen molar-refractivity contribution in [1.29, 1.82) is 0 Å². The molecule has 0 spiro atoms. The SMILES string of the molecule is BN1C(=O)CC[C@@](B)(N2Cc3cc(CNC(=O)C(F)(F)c4ccc(Cl)cc4)ccc3C2=O)C1=O. The average Bonchev–Trinajstić information content (AvgIpc) is 3.15. The molecule has 2 aromatic rings. The Kier molecular flexibility index (Phi) is 6.01. The van der Waals surface area contributed by atoms with Gasteiger partial charge in [0.25, 0.3) is 11.8 Å². The lowest BCUT2D eigenvalue weighted by Crippen LogP contribution is -2.64. The van der Waals surface area contributed by atoms with Gasteiger partial charge in [0, 0.05) is 35.7 Å². The van der Waals surface area contributed by atoms with Gasteiger partial charge in [-0.15, -0.1) is 0 Å². The quantitative estimate of drug-likeness (QED) is 0.500. The largest absolute Gasteiger partial charge is 0.349 e. The van der Waals surface area contributed by atoms with Crippen LogP contribution >= 0.6 is 11.6 Å². The van der Waals surface area contributed by atoms with Gasteiger partial charge in [-0.25, -0.2) is 0 Å². The van der Waals surface area contributed by atoms with E-state index in [0.717, 1.165) is 16.9 Å². The smallest absolute Gasteiger partial charge is 0.346 e. The normalized spacial score (nSPS) is 20.5. The minimum Gasteiger partial charge on any atom is -0.346 e. The lowest BCUT2D eigenvalue weighted by atomic mass is 9.68. The number of hydrogen-bond donors (Lipinski definition) is 1. The molecular weight excluding hydrogens is 465 g/mol. The van der Waals surface area contributed by atoms with E-state index in [4.69, 9.17) is 11.6 Å². The molecule has 0 unspecified atom stereocenters. The summed E-state index contributed by atoms with van der Waals surface area (Å²) in [6, 6.07) is 9.54. The second-order valence-corrected chi connectivity index (χ2v) is 9.11. The van der Waals surface area contributed by atoms with Crippen molar-refractivity contribution >= 4 is 51.1 Å². The first-order chi connectivity index (χ1) is 15.9. The monoisotopic (exact) mass is 485 g/mol. The van der Waals surface area contributed by atoms with Crippen LogP contribution in [0.25, 0.3) is 0 Å². The van der Waals surface area contributed by atoms with Gasteiger partial charge in [0.15, 0.2) is 0 Å². The number of fused-ring (bicyclic) bond motifs is 1. The van der Waals surface area contributed by atoms with Crippen LogP contribution in [0.3, 0.4) is 0 Å². The topological polar surface area (TPSA) is 86.8 Å². The molecule has 34 heavy (non-hydrogen) atoms. The fourth-order valence-corrected chi connectivity index (χ4v) is 4.44. The van der Waals surface area contributed by atoms with Crippen molar-refractivity contribution in [3.63, 3.8) is 0 Å². The number of rotatable bonds is 5. The van der Waals surface area contributed by atoms with Crippen molar-refractivity contribution < 1.29 is 28.0 Å². The maximum Gasteiger partial charge on any atom is 0.349 e. The van der Waals surface area contributed by atoms with Crippen molar-refractivity contribution in [2.45, 2.75) is 37.3 Å². The molecule has 0 aliphatic carbocycles. The fraction of sp³-hybridized carbons (Fsp3) is 0.273. The summed E-state index contributed by atoms with van der Waals surface area (Å²) >= 11 is 5.72. The molecule has 0 aromatic heterocycles. The molecule has 1 N–H and O–H groups in total. The number of alkyl halides is 2. The van der Waals surface area contributed by atoms with Crippen LogP contribution in [-0.2, 0) is 33.4 Å². The van der Waals surface area contributed by atoms with Crippen LogP contribution in [0.15, 0.2) is 42.5 Å². The first-order valence-corrected chi connectivity index (χ1v) is 11.0. The highest BCUT2D eigenvalue weighted by atomic mass is 35.5. The van der Waals surface area contributed by atoms with Gasteiger partial charge in [-0.05, 0) is 35.7 Å². The zero-order chi connectivity index (χ0) is 24.8. The second kappa shape index (κ2) is 8.54. The zero-order valence-corrected chi connectivity index (χ0v) is 19.3. The molecule has 2 heterocycles. The van der Waals surface area contributed by atoms with E-state index >= 15 is 0 Å². The van der Waals surface area contributed by atoms with Crippen molar-refractivity contribution in [1.82, 2.24) is 15.0 Å². The van der Waals surface area contributed by atoms with Crippen molar-refractivity contribution in [2.75, 3.05) is 0 Å². The van der Waals surface area contributed by atoms with Crippen molar-refractivity contribution in [3.8, 4) is 0 Å². The van der Waals surface area contributed by atoms with E-state index in [1.54, 1.807) is 26.0 Å². The fourth-order valence-electron chi connectivity index (χ4n) is 4.32. The third-order valence-electron chi connectivity index (χ3n) is 6.48. The molecule has 4 rings (SSSR count). The molecular formula is C22H20B2ClF2N3O4. The van der Waals surface area contributed by atoms with E-state index in [0.29, 0.717) is 16.7 Å². The molecule has 0 radical (unpaired) electrons. The standard InChI is InChI=1S/C22H20B2ClF2N3O4/c23-21(8-7-17(31)30(24)20(21)34)29-11-13-9-12(1-6-16(13)18(29)32)10-28-19(33)22(26,27)14-2-4-15(25)5-3-14/h1-6,9H,7-8,10-11,23-24H2,(H,28,33)/t21-/m1/s1. The average molecular weight is 485 g/mol. The number of nitrogens with one attached hydrogen (secondary N) is 1. The van der Waals surface area contributed by atoms with Crippen LogP contribution in [0, 0.1) is 0 Å². The predicted molar refractivity (Wildman–Crippen MR) is 124 cm³/mol. The number of nitrogens with zero attached hydrogens (tertiary/aromatic N) is 2. The van der Waals surface area contributed by atoms with E-state index < -0.39 is 28.7 Å². The highest BCUT2D eigenvalue weighted by Gasteiger charge is 2.50. The Morgan fingerprint density at radius 1 is 1.15 bits per heavy atom. The Balaban J connectivity index is 1.47. The summed E-state index contributed by atoms with van der Waals surface area (Å²) in [6.07, 6.45) is 0.370. The molecule has 12 heteroatoms. The van der Waals surface area contributed by atoms with E-state index in [2.05, 4.69) is 5.32 Å². The summed E-state index contributed by atoms with van der Waals surface area (Å²) in [6.45, 7) is -0.0297. The molecule has 1 atom stereocenters. The number of hydrogen-bond acceptors (Lipinski definition) is 4. The Labute approximate surface area is 201 Å². The number of benzene rings is 2. The van der Waals surface area contributed by atoms with Gasteiger partial charge in [0.2, 0.25) is 19.8 Å². The molecule has 7 nitrogen and oxygen atoms in total. The molecule has 4 amide bonds. The molecule has 0 bridgehead atoms. The Morgan fingerprint density at radius 2 is 1.82 bits per heavy atom. The summed E-state index contributed by atoms with van der Waals surface area (Å²) in [5, 5.41) is 2.52. The van der Waals surface area contributed by atoms with Crippen LogP contribution < -0.4 is 5.32 Å². The lowest BCUT2D eigenvalue weighted by Gasteiger charge is -2.43. The molecule has 1 fully saturated rings. The minimum atomic E-state index is -3.74. The van der Waals surface area contributed by atoms with Gasteiger partial charge in [0.05, 0.1) is 5.44 Å². The lowest BCUT2D eigenvalue weighted by molar-refractivity contribution is -0.148. The minimum absolute atomic E-state index is 0.140. The van der Waals surface area contributed by atoms with Crippen LogP contribution in [-0.4, -0.2) is 54.6 Å². The third-order valence-corrected chi connectivity index (χ3v) is 6.73. The highest BCUT2D eigenvalue weighted by Crippen LogP contribution is 2.35. The Bertz CT molecular complexity index is 1210. The van der Waals surface area contributed by atoms with E-state index in [-0.39, 0.29) is 42.8 Å². The number of amides is 4. The summed E-state index contributed by atoms with van der Waals surface area (Å²) in [7, 11) is 3.04. The second-order valence-electron chi connectivity index (χ2n) is 8.68. The predicted octanol–water partition coefficient (Wildman–Crippen LogP) is 0.730. The van der Waals surface area contributed by atoms with Crippen LogP contribution in [0.1, 0.15) is 39.9 Å². The number of imide groups is 1. The Morgan fingerprint density at radius 3 is 2.50 bits per heavy atom. The Hall–Kier alpha value is -3.20. The van der Waals surface area contributed by atoms with Crippen LogP contribution in [0.4, 0.5) is 8.78 Å². The third kappa shape index (κ3) is 3.98. The van der Waals surface area contributed by atoms with Crippen molar-refractivity contribution in [3.05, 3.63) is 69.7 Å². The van der Waals surface area contributed by atoms with Gasteiger partial charge < -0.3 is 15.0 Å². The summed E-state index contributed by atoms with van der Waals surface area (Å²) in [5.41, 5.74) is -0.0854. The highest BCUT2D eigenvalue weighted by molar-refractivity contribution is 6.38. The molecule has 174 valence electrons. The van der Waals surface area contributed by atoms with Gasteiger partial charge >= 0.3 is 5.92 Å². The number of piperidine rings is 1. The first kappa shape index (κ1) is 23.9. The van der Waals surface area contributed by atoms with Gasteiger partial charge in [-0.1, -0.05) is 35.9 Å². The molecule has 2 aliphatic rings. The van der Waals surface area contributed by atoms with E-state index in [1.807, 2.05) is 0 Å². The van der Waals surface area contributed by atoms with Gasteiger partial charge in [-0.2, -0.15) is 8.78 Å². The van der Waals surface area contributed by atoms with Gasteiger partial charge in [-0.3, -0.25) is 19.2 Å². The first-order valence-electron chi connectivity index (χ1n) is 10.6. The zero-order valence-electron chi connectivity index (χ0n) is 18.5. The molecule has 2 aliphatic heterocycles. The summed E-state index contributed by atoms with van der Waals surface area (Å²) in [5.74, 6) is -6.27. The number of carbonyl (C=O) groups is 4. The maximum absolute atomic E-state index is 14.5.